The van der Waals surface area contributed by atoms with Gasteiger partial charge >= 0.3 is 12.2 Å². The standard InChI is InChI=1S/C17H18F4N4O/c18-13-5-1-11(2-6-13)10-23-16(26)22-7-8-25-14(12-3-4-12)9-15(24-25)17(19,20)21/h1-2,5-6,9,12H,3-4,7-8,10H2,(H2,22,23,26). The molecule has 1 saturated carbocycles. The molecule has 0 radical (unpaired) electrons. The first-order valence-corrected chi connectivity index (χ1v) is 8.24. The molecule has 3 rings (SSSR count). The minimum Gasteiger partial charge on any atom is -0.336 e. The quantitative estimate of drug-likeness (QED) is 0.766. The number of hydrogen-bond acceptors (Lipinski definition) is 2. The highest BCUT2D eigenvalue weighted by molar-refractivity contribution is 5.73. The van der Waals surface area contributed by atoms with Gasteiger partial charge in [0.2, 0.25) is 0 Å². The van der Waals surface area contributed by atoms with Gasteiger partial charge in [0.05, 0.1) is 6.54 Å². The molecule has 2 aromatic rings. The number of hydrogen-bond donors (Lipinski definition) is 2. The molecular formula is C17H18F4N4O. The van der Waals surface area contributed by atoms with Gasteiger partial charge in [-0.05, 0) is 36.6 Å². The summed E-state index contributed by atoms with van der Waals surface area (Å²) in [5, 5.41) is 8.81. The Bertz CT molecular complexity index is 766. The fourth-order valence-corrected chi connectivity index (χ4v) is 2.58. The summed E-state index contributed by atoms with van der Waals surface area (Å²) in [6.45, 7) is 0.527. The Labute approximate surface area is 147 Å². The highest BCUT2D eigenvalue weighted by Gasteiger charge is 2.37. The van der Waals surface area contributed by atoms with Crippen LogP contribution in [0.25, 0.3) is 0 Å². The minimum atomic E-state index is -4.48. The van der Waals surface area contributed by atoms with E-state index < -0.39 is 17.9 Å². The molecule has 1 aromatic carbocycles. The van der Waals surface area contributed by atoms with Gasteiger partial charge in [0, 0.05) is 24.7 Å². The Balaban J connectivity index is 1.49. The van der Waals surface area contributed by atoms with Crippen LogP contribution in [0.5, 0.6) is 0 Å². The molecule has 1 heterocycles. The van der Waals surface area contributed by atoms with Gasteiger partial charge in [0.25, 0.3) is 0 Å². The number of alkyl halides is 3. The largest absolute Gasteiger partial charge is 0.435 e. The number of urea groups is 1. The molecular weight excluding hydrogens is 352 g/mol. The first-order valence-electron chi connectivity index (χ1n) is 8.24. The van der Waals surface area contributed by atoms with Crippen LogP contribution >= 0.6 is 0 Å². The molecule has 2 N–H and O–H groups in total. The zero-order chi connectivity index (χ0) is 18.7. The average molecular weight is 370 g/mol. The van der Waals surface area contributed by atoms with Crippen LogP contribution < -0.4 is 10.6 Å². The van der Waals surface area contributed by atoms with E-state index in [-0.39, 0.29) is 31.4 Å². The molecule has 140 valence electrons. The first-order chi connectivity index (χ1) is 12.3. The van der Waals surface area contributed by atoms with Gasteiger partial charge in [-0.25, -0.2) is 9.18 Å². The van der Waals surface area contributed by atoms with Crippen molar-refractivity contribution >= 4 is 6.03 Å². The second-order valence-electron chi connectivity index (χ2n) is 6.19. The zero-order valence-corrected chi connectivity index (χ0v) is 13.8. The SMILES string of the molecule is O=C(NCCn1nc(C(F)(F)F)cc1C1CC1)NCc1ccc(F)cc1. The fourth-order valence-electron chi connectivity index (χ4n) is 2.58. The number of benzene rings is 1. The maximum atomic E-state index is 12.8. The lowest BCUT2D eigenvalue weighted by Gasteiger charge is -2.10. The molecule has 0 atom stereocenters. The van der Waals surface area contributed by atoms with Crippen molar-refractivity contribution in [3.05, 3.63) is 53.1 Å². The molecule has 5 nitrogen and oxygen atoms in total. The molecule has 2 amide bonds. The summed E-state index contributed by atoms with van der Waals surface area (Å²) >= 11 is 0. The van der Waals surface area contributed by atoms with Gasteiger partial charge in [0.1, 0.15) is 5.82 Å². The van der Waals surface area contributed by atoms with Crippen molar-refractivity contribution in [2.75, 3.05) is 6.54 Å². The van der Waals surface area contributed by atoms with Crippen LogP contribution in [-0.2, 0) is 19.3 Å². The van der Waals surface area contributed by atoms with E-state index in [1.807, 2.05) is 0 Å². The zero-order valence-electron chi connectivity index (χ0n) is 13.8. The lowest BCUT2D eigenvalue weighted by atomic mass is 10.2. The maximum Gasteiger partial charge on any atom is 0.435 e. The highest BCUT2D eigenvalue weighted by Crippen LogP contribution is 2.42. The summed E-state index contributed by atoms with van der Waals surface area (Å²) in [5.74, 6) is -0.243. The van der Waals surface area contributed by atoms with E-state index in [0.29, 0.717) is 5.69 Å². The number of carbonyl (C=O) groups is 1. The van der Waals surface area contributed by atoms with Gasteiger partial charge in [-0.2, -0.15) is 18.3 Å². The Kier molecular flexibility index (Phi) is 5.15. The summed E-state index contributed by atoms with van der Waals surface area (Å²) in [7, 11) is 0. The van der Waals surface area contributed by atoms with E-state index in [1.54, 1.807) is 12.1 Å². The van der Waals surface area contributed by atoms with Gasteiger partial charge in [-0.15, -0.1) is 0 Å². The van der Waals surface area contributed by atoms with Crippen molar-refractivity contribution in [2.45, 2.75) is 38.0 Å². The van der Waals surface area contributed by atoms with Crippen LogP contribution in [-0.4, -0.2) is 22.4 Å². The lowest BCUT2D eigenvalue weighted by molar-refractivity contribution is -0.141. The second-order valence-corrected chi connectivity index (χ2v) is 6.19. The summed E-state index contributed by atoms with van der Waals surface area (Å²) in [4.78, 5) is 11.8. The molecule has 0 spiro atoms. The predicted octanol–water partition coefficient (Wildman–Crippen LogP) is 3.42. The van der Waals surface area contributed by atoms with Crippen LogP contribution in [0.3, 0.4) is 0 Å². The van der Waals surface area contributed by atoms with E-state index in [0.717, 1.165) is 24.5 Å². The number of rotatable bonds is 6. The Hall–Kier alpha value is -2.58. The number of nitrogens with zero attached hydrogens (tertiary/aromatic N) is 2. The molecule has 0 saturated heterocycles. The molecule has 1 aliphatic carbocycles. The molecule has 9 heteroatoms. The third-order valence-electron chi connectivity index (χ3n) is 4.07. The van der Waals surface area contributed by atoms with Crippen molar-refractivity contribution < 1.29 is 22.4 Å². The lowest BCUT2D eigenvalue weighted by Crippen LogP contribution is -2.37. The van der Waals surface area contributed by atoms with Gasteiger partial charge < -0.3 is 10.6 Å². The topological polar surface area (TPSA) is 59.0 Å². The van der Waals surface area contributed by atoms with Crippen molar-refractivity contribution in [2.24, 2.45) is 0 Å². The molecule has 1 aromatic heterocycles. The summed E-state index contributed by atoms with van der Waals surface area (Å²) in [6.07, 6.45) is -2.77. The van der Waals surface area contributed by atoms with Crippen molar-refractivity contribution in [1.29, 1.82) is 0 Å². The molecule has 0 bridgehead atoms. The second kappa shape index (κ2) is 7.35. The Morgan fingerprint density at radius 3 is 2.50 bits per heavy atom. The van der Waals surface area contributed by atoms with Crippen LogP contribution in [0.2, 0.25) is 0 Å². The molecule has 1 aliphatic rings. The van der Waals surface area contributed by atoms with E-state index in [4.69, 9.17) is 0 Å². The van der Waals surface area contributed by atoms with Crippen molar-refractivity contribution in [3.63, 3.8) is 0 Å². The number of aromatic nitrogens is 2. The number of amides is 2. The van der Waals surface area contributed by atoms with Crippen LogP contribution in [0.15, 0.2) is 30.3 Å². The van der Waals surface area contributed by atoms with Crippen LogP contribution in [0.1, 0.15) is 35.7 Å². The third-order valence-corrected chi connectivity index (χ3v) is 4.07. The van der Waals surface area contributed by atoms with Gasteiger partial charge in [0.15, 0.2) is 5.69 Å². The van der Waals surface area contributed by atoms with Crippen molar-refractivity contribution in [1.82, 2.24) is 20.4 Å². The maximum absolute atomic E-state index is 12.8. The average Bonchev–Trinajstić information content (AvgIpc) is 3.33. The summed E-state index contributed by atoms with van der Waals surface area (Å²) in [5.41, 5.74) is 0.394. The molecule has 26 heavy (non-hydrogen) atoms. The van der Waals surface area contributed by atoms with Crippen LogP contribution in [0.4, 0.5) is 22.4 Å². The van der Waals surface area contributed by atoms with Crippen molar-refractivity contribution in [3.8, 4) is 0 Å². The number of nitrogens with one attached hydrogen (secondary N) is 2. The van der Waals surface area contributed by atoms with E-state index in [2.05, 4.69) is 15.7 Å². The normalized spacial score (nSPS) is 14.3. The summed E-state index contributed by atoms with van der Waals surface area (Å²) < 4.78 is 52.6. The summed E-state index contributed by atoms with van der Waals surface area (Å²) in [6, 6.07) is 6.34. The number of carbonyl (C=O) groups excluding carboxylic acids is 1. The molecule has 1 fully saturated rings. The Morgan fingerprint density at radius 1 is 1.19 bits per heavy atom. The fraction of sp³-hybridized carbons (Fsp3) is 0.412. The first kappa shape index (κ1) is 18.2. The number of halogens is 4. The minimum absolute atomic E-state index is 0.117. The molecule has 0 unspecified atom stereocenters. The van der Waals surface area contributed by atoms with E-state index in [1.165, 1.54) is 16.8 Å². The third kappa shape index (κ3) is 4.74. The van der Waals surface area contributed by atoms with Gasteiger partial charge in [-0.1, -0.05) is 12.1 Å². The smallest absolute Gasteiger partial charge is 0.336 e. The monoisotopic (exact) mass is 370 g/mol. The molecule has 0 aliphatic heterocycles. The van der Waals surface area contributed by atoms with E-state index >= 15 is 0 Å². The van der Waals surface area contributed by atoms with E-state index in [9.17, 15) is 22.4 Å². The Morgan fingerprint density at radius 2 is 1.88 bits per heavy atom. The highest BCUT2D eigenvalue weighted by atomic mass is 19.4. The predicted molar refractivity (Wildman–Crippen MR) is 85.8 cm³/mol. The van der Waals surface area contributed by atoms with Crippen LogP contribution in [0, 0.1) is 5.82 Å². The van der Waals surface area contributed by atoms with Gasteiger partial charge in [-0.3, -0.25) is 4.68 Å².